The lowest BCUT2D eigenvalue weighted by Crippen LogP contribution is -2.11. The molecule has 10 heteroatoms. The normalized spacial score (nSPS) is 10.4. The molecule has 0 saturated heterocycles. The Morgan fingerprint density at radius 3 is 1.29 bits per heavy atom. The first kappa shape index (κ1) is 26.0. The highest BCUT2D eigenvalue weighted by Gasteiger charge is 2.19. The van der Waals surface area contributed by atoms with Crippen molar-refractivity contribution in [3.8, 4) is 23.0 Å². The quantitative estimate of drug-likeness (QED) is 0.118. The van der Waals surface area contributed by atoms with Crippen LogP contribution in [0.25, 0.3) is 0 Å². The van der Waals surface area contributed by atoms with Crippen LogP contribution in [-0.4, -0.2) is 23.1 Å². The first-order chi connectivity index (χ1) is 18.5. The van der Waals surface area contributed by atoms with Crippen molar-refractivity contribution in [1.82, 2.24) is 0 Å². The van der Waals surface area contributed by atoms with Crippen molar-refractivity contribution in [2.75, 3.05) is 13.2 Å². The molecule has 0 aliphatic heterocycles. The predicted molar refractivity (Wildman–Crippen MR) is 139 cm³/mol. The van der Waals surface area contributed by atoms with Crippen LogP contribution in [0.1, 0.15) is 11.1 Å². The molecule has 194 valence electrons. The zero-order chi connectivity index (χ0) is 26.7. The van der Waals surface area contributed by atoms with E-state index in [9.17, 15) is 20.2 Å². The lowest BCUT2D eigenvalue weighted by Gasteiger charge is -2.11. The summed E-state index contributed by atoms with van der Waals surface area (Å²) in [4.78, 5) is 22.0. The molecule has 0 aliphatic rings. The molecule has 4 aromatic carbocycles. The largest absolute Gasteiger partial charge is 0.489 e. The molecule has 10 nitrogen and oxygen atoms in total. The number of benzene rings is 4. The Kier molecular flexibility index (Phi) is 8.69. The average molecular weight is 517 g/mol. The zero-order valence-corrected chi connectivity index (χ0v) is 20.2. The molecule has 4 rings (SSSR count). The topological polar surface area (TPSA) is 123 Å². The van der Waals surface area contributed by atoms with Gasteiger partial charge in [0.1, 0.15) is 37.9 Å². The van der Waals surface area contributed by atoms with Gasteiger partial charge in [0.15, 0.2) is 11.5 Å². The van der Waals surface area contributed by atoms with Crippen molar-refractivity contribution in [3.63, 3.8) is 0 Å². The second kappa shape index (κ2) is 12.7. The van der Waals surface area contributed by atoms with Gasteiger partial charge >= 0.3 is 11.4 Å². The molecular formula is C28H24N2O8. The van der Waals surface area contributed by atoms with Gasteiger partial charge in [-0.2, -0.15) is 0 Å². The summed E-state index contributed by atoms with van der Waals surface area (Å²) in [6.07, 6.45) is 0. The van der Waals surface area contributed by atoms with Gasteiger partial charge in [0.2, 0.25) is 0 Å². The molecule has 0 radical (unpaired) electrons. The number of hydrogen-bond acceptors (Lipinski definition) is 8. The van der Waals surface area contributed by atoms with E-state index in [2.05, 4.69) is 0 Å². The van der Waals surface area contributed by atoms with Gasteiger partial charge in [-0.3, -0.25) is 20.2 Å². The second-order valence-electron chi connectivity index (χ2n) is 8.02. The van der Waals surface area contributed by atoms with Crippen molar-refractivity contribution in [2.24, 2.45) is 0 Å². The van der Waals surface area contributed by atoms with E-state index >= 15 is 0 Å². The maximum atomic E-state index is 11.5. The highest BCUT2D eigenvalue weighted by atomic mass is 16.6. The maximum Gasteiger partial charge on any atom is 0.314 e. The zero-order valence-electron chi connectivity index (χ0n) is 20.2. The van der Waals surface area contributed by atoms with Gasteiger partial charge in [0.05, 0.1) is 22.0 Å². The van der Waals surface area contributed by atoms with E-state index in [1.807, 2.05) is 60.7 Å². The smallest absolute Gasteiger partial charge is 0.314 e. The summed E-state index contributed by atoms with van der Waals surface area (Å²) >= 11 is 0. The van der Waals surface area contributed by atoms with Gasteiger partial charge in [-0.05, 0) is 35.4 Å². The Bertz CT molecular complexity index is 1270. The number of ether oxygens (including phenoxy) is 4. The van der Waals surface area contributed by atoms with Crippen LogP contribution in [0.15, 0.2) is 97.1 Å². The third-order valence-electron chi connectivity index (χ3n) is 5.35. The fourth-order valence-electron chi connectivity index (χ4n) is 3.49. The maximum absolute atomic E-state index is 11.5. The Morgan fingerprint density at radius 1 is 0.526 bits per heavy atom. The van der Waals surface area contributed by atoms with E-state index in [0.717, 1.165) is 11.1 Å². The van der Waals surface area contributed by atoms with Crippen molar-refractivity contribution in [1.29, 1.82) is 0 Å². The summed E-state index contributed by atoms with van der Waals surface area (Å²) in [6, 6.07) is 27.5. The monoisotopic (exact) mass is 516 g/mol. The van der Waals surface area contributed by atoms with Crippen molar-refractivity contribution in [3.05, 3.63) is 128 Å². The fraction of sp³-hybridized carbons (Fsp3) is 0.143. The fourth-order valence-corrected chi connectivity index (χ4v) is 3.49. The van der Waals surface area contributed by atoms with Gasteiger partial charge in [-0.15, -0.1) is 0 Å². The number of rotatable bonds is 13. The van der Waals surface area contributed by atoms with Crippen LogP contribution >= 0.6 is 0 Å². The van der Waals surface area contributed by atoms with Crippen LogP contribution in [0.4, 0.5) is 11.4 Å². The second-order valence-corrected chi connectivity index (χ2v) is 8.02. The number of hydrogen-bond donors (Lipinski definition) is 0. The van der Waals surface area contributed by atoms with Gasteiger partial charge in [0.25, 0.3) is 0 Å². The molecule has 0 aromatic heterocycles. The van der Waals surface area contributed by atoms with Crippen LogP contribution in [0.5, 0.6) is 23.0 Å². The highest BCUT2D eigenvalue weighted by Crippen LogP contribution is 2.33. The van der Waals surface area contributed by atoms with E-state index in [1.165, 1.54) is 24.3 Å². The molecule has 0 aliphatic carbocycles. The molecule has 0 N–H and O–H groups in total. The van der Waals surface area contributed by atoms with Gasteiger partial charge in [0, 0.05) is 0 Å². The average Bonchev–Trinajstić information content (AvgIpc) is 2.94. The predicted octanol–water partition coefficient (Wildman–Crippen LogP) is 6.12. The lowest BCUT2D eigenvalue weighted by atomic mass is 10.2. The Balaban J connectivity index is 1.33. The molecule has 0 amide bonds. The van der Waals surface area contributed by atoms with E-state index in [1.54, 1.807) is 12.1 Å². The molecule has 0 heterocycles. The van der Waals surface area contributed by atoms with Crippen LogP contribution in [0.2, 0.25) is 0 Å². The van der Waals surface area contributed by atoms with Crippen LogP contribution in [0, 0.1) is 20.2 Å². The van der Waals surface area contributed by atoms with Crippen molar-refractivity contribution >= 4 is 11.4 Å². The minimum Gasteiger partial charge on any atom is -0.489 e. The summed E-state index contributed by atoms with van der Waals surface area (Å²) in [5, 5.41) is 23.1. The third-order valence-corrected chi connectivity index (χ3v) is 5.35. The minimum absolute atomic E-state index is 0.0322. The van der Waals surface area contributed by atoms with Crippen LogP contribution < -0.4 is 18.9 Å². The summed E-state index contributed by atoms with van der Waals surface area (Å²) in [6.45, 7) is 0.380. The Morgan fingerprint density at radius 2 is 0.921 bits per heavy atom. The van der Waals surface area contributed by atoms with E-state index in [-0.39, 0.29) is 49.3 Å². The summed E-state index contributed by atoms with van der Waals surface area (Å²) in [5.41, 5.74) is 1.33. The molecule has 0 atom stereocenters. The Labute approximate surface area is 218 Å². The molecule has 0 bridgehead atoms. The number of nitro benzene ring substituents is 2. The lowest BCUT2D eigenvalue weighted by molar-refractivity contribution is -0.386. The van der Waals surface area contributed by atoms with Gasteiger partial charge in [-0.1, -0.05) is 60.7 Å². The van der Waals surface area contributed by atoms with Gasteiger partial charge in [-0.25, -0.2) is 0 Å². The number of nitro groups is 2. The first-order valence-electron chi connectivity index (χ1n) is 11.7. The molecule has 0 spiro atoms. The van der Waals surface area contributed by atoms with E-state index in [0.29, 0.717) is 11.5 Å². The molecule has 0 fully saturated rings. The summed E-state index contributed by atoms with van der Waals surface area (Å²) < 4.78 is 22.4. The van der Waals surface area contributed by atoms with E-state index in [4.69, 9.17) is 18.9 Å². The standard InChI is InChI=1S/C28H24N2O8/c31-29(32)25-17-23(37-19-21-7-3-1-4-8-21)11-13-27(25)35-15-16-36-28-14-12-24(18-26(28)30(33)34)38-20-22-9-5-2-6-10-22/h1-14,17-18H,15-16,19-20H2. The molecule has 4 aromatic rings. The van der Waals surface area contributed by atoms with Crippen molar-refractivity contribution in [2.45, 2.75) is 13.2 Å². The SMILES string of the molecule is O=[N+]([O-])c1cc(OCc2ccccc2)ccc1OCCOc1ccc(OCc2ccccc2)cc1[N+](=O)[O-]. The van der Waals surface area contributed by atoms with Crippen LogP contribution in [-0.2, 0) is 13.2 Å². The first-order valence-corrected chi connectivity index (χ1v) is 11.7. The van der Waals surface area contributed by atoms with Gasteiger partial charge < -0.3 is 18.9 Å². The van der Waals surface area contributed by atoms with Crippen molar-refractivity contribution < 1.29 is 28.8 Å². The summed E-state index contributed by atoms with van der Waals surface area (Å²) in [5.74, 6) is 0.721. The molecule has 0 unspecified atom stereocenters. The number of nitrogens with zero attached hydrogens (tertiary/aromatic N) is 2. The molecule has 38 heavy (non-hydrogen) atoms. The molecular weight excluding hydrogens is 492 g/mol. The minimum atomic E-state index is -0.565. The third kappa shape index (κ3) is 7.20. The van der Waals surface area contributed by atoms with E-state index < -0.39 is 9.85 Å². The van der Waals surface area contributed by atoms with Crippen LogP contribution in [0.3, 0.4) is 0 Å². The Hall–Kier alpha value is -5.12. The summed E-state index contributed by atoms with van der Waals surface area (Å²) in [7, 11) is 0. The molecule has 0 saturated carbocycles. The highest BCUT2D eigenvalue weighted by molar-refractivity contribution is 5.52.